The first kappa shape index (κ1) is 25.3. The molecule has 2 atom stereocenters. The van der Waals surface area contributed by atoms with E-state index in [9.17, 15) is 4.79 Å². The number of carbonyl (C=O) groups excluding carboxylic acids is 1. The fourth-order valence-corrected chi connectivity index (χ4v) is 5.96. The van der Waals surface area contributed by atoms with Gasteiger partial charge in [-0.05, 0) is 73.1 Å². The molecule has 7 heteroatoms. The zero-order valence-corrected chi connectivity index (χ0v) is 21.5. The maximum absolute atomic E-state index is 13.5. The molecule has 4 rings (SSSR count). The Balaban J connectivity index is 1.37. The van der Waals surface area contributed by atoms with E-state index in [-0.39, 0.29) is 5.91 Å². The third-order valence-corrected chi connectivity index (χ3v) is 7.51. The van der Waals surface area contributed by atoms with Crippen LogP contribution in [0.15, 0.2) is 42.5 Å². The molecule has 0 spiro atoms. The number of halogens is 2. The van der Waals surface area contributed by atoms with Crippen LogP contribution in [0.2, 0.25) is 10.0 Å². The van der Waals surface area contributed by atoms with Crippen LogP contribution in [0.25, 0.3) is 0 Å². The number of rotatable bonds is 7. The van der Waals surface area contributed by atoms with E-state index < -0.39 is 5.41 Å². The van der Waals surface area contributed by atoms with Crippen LogP contribution in [0, 0.1) is 11.8 Å². The zero-order valence-electron chi connectivity index (χ0n) is 20.0. The Hall–Kier alpha value is -1.79. The summed E-state index contributed by atoms with van der Waals surface area (Å²) in [5.74, 6) is 2.21. The number of nitrogens with zero attached hydrogens (tertiary/aromatic N) is 1. The minimum atomic E-state index is -0.752. The lowest BCUT2D eigenvalue weighted by atomic mass is 9.73. The minimum Gasteiger partial charge on any atom is -0.492 e. The van der Waals surface area contributed by atoms with E-state index in [1.54, 1.807) is 12.1 Å². The van der Waals surface area contributed by atoms with Gasteiger partial charge in [0.1, 0.15) is 12.4 Å². The lowest BCUT2D eigenvalue weighted by Crippen LogP contribution is -2.45. The molecule has 0 bridgehead atoms. The van der Waals surface area contributed by atoms with Gasteiger partial charge in [-0.25, -0.2) is 0 Å². The van der Waals surface area contributed by atoms with E-state index in [0.29, 0.717) is 42.7 Å². The molecule has 1 amide bonds. The third kappa shape index (κ3) is 6.06. The zero-order chi connectivity index (χ0) is 24.1. The summed E-state index contributed by atoms with van der Waals surface area (Å²) < 4.78 is 11.5. The van der Waals surface area contributed by atoms with Gasteiger partial charge in [0.25, 0.3) is 0 Å². The lowest BCUT2D eigenvalue weighted by Gasteiger charge is -2.36. The van der Waals surface area contributed by atoms with Crippen molar-refractivity contribution < 1.29 is 14.3 Å². The highest BCUT2D eigenvalue weighted by Gasteiger charge is 2.43. The molecule has 0 aromatic heterocycles. The van der Waals surface area contributed by atoms with E-state index in [1.807, 2.05) is 30.3 Å². The standard InChI is InChI=1S/C27H34Cl2N2O3/c1-19-15-20(2)18-31(17-19)11-14-34-23-6-4-22(5-7-23)30-26(32)27(9-12-33-13-10-27)24-8-3-21(28)16-25(24)29/h3-8,16,19-20H,9-15,17-18H2,1-2H3,(H,30,32). The Kier molecular flexibility index (Phi) is 8.41. The summed E-state index contributed by atoms with van der Waals surface area (Å²) in [6.07, 6.45) is 2.44. The summed E-state index contributed by atoms with van der Waals surface area (Å²) in [6.45, 7) is 9.53. The number of piperidine rings is 1. The van der Waals surface area contributed by atoms with Gasteiger partial charge in [-0.1, -0.05) is 43.1 Å². The van der Waals surface area contributed by atoms with Crippen LogP contribution in [0.5, 0.6) is 5.75 Å². The third-order valence-electron chi connectivity index (χ3n) is 6.96. The Morgan fingerprint density at radius 3 is 2.41 bits per heavy atom. The predicted molar refractivity (Wildman–Crippen MR) is 138 cm³/mol. The molecule has 2 aromatic rings. The van der Waals surface area contributed by atoms with Gasteiger partial charge >= 0.3 is 0 Å². The van der Waals surface area contributed by atoms with Gasteiger partial charge in [-0.15, -0.1) is 0 Å². The first-order valence-electron chi connectivity index (χ1n) is 12.2. The summed E-state index contributed by atoms with van der Waals surface area (Å²) in [7, 11) is 0. The Morgan fingerprint density at radius 1 is 1.09 bits per heavy atom. The van der Waals surface area contributed by atoms with Crippen molar-refractivity contribution in [2.24, 2.45) is 11.8 Å². The van der Waals surface area contributed by atoms with Gasteiger partial charge in [0.2, 0.25) is 5.91 Å². The maximum Gasteiger partial charge on any atom is 0.235 e. The molecule has 0 saturated carbocycles. The van der Waals surface area contributed by atoms with E-state index in [4.69, 9.17) is 32.7 Å². The first-order chi connectivity index (χ1) is 16.4. The highest BCUT2D eigenvalue weighted by Crippen LogP contribution is 2.40. The highest BCUT2D eigenvalue weighted by molar-refractivity contribution is 6.35. The number of anilines is 1. The summed E-state index contributed by atoms with van der Waals surface area (Å²) in [4.78, 5) is 16.0. The van der Waals surface area contributed by atoms with Crippen LogP contribution >= 0.6 is 23.2 Å². The molecule has 2 heterocycles. The maximum atomic E-state index is 13.5. The van der Waals surface area contributed by atoms with Crippen LogP contribution in [0.4, 0.5) is 5.69 Å². The van der Waals surface area contributed by atoms with Gasteiger partial charge in [0, 0.05) is 48.6 Å². The molecule has 2 aliphatic rings. The van der Waals surface area contributed by atoms with Gasteiger partial charge < -0.3 is 14.8 Å². The van der Waals surface area contributed by atoms with Crippen molar-refractivity contribution in [2.75, 3.05) is 44.8 Å². The highest BCUT2D eigenvalue weighted by atomic mass is 35.5. The fourth-order valence-electron chi connectivity index (χ4n) is 5.37. The van der Waals surface area contributed by atoms with Crippen molar-refractivity contribution >= 4 is 34.8 Å². The SMILES string of the molecule is CC1CC(C)CN(CCOc2ccc(NC(=O)C3(c4ccc(Cl)cc4Cl)CCOCC3)cc2)C1. The van der Waals surface area contributed by atoms with E-state index in [1.165, 1.54) is 6.42 Å². The average Bonchev–Trinajstić information content (AvgIpc) is 2.80. The second-order valence-electron chi connectivity index (χ2n) is 9.85. The molecule has 2 fully saturated rings. The number of amides is 1. The summed E-state index contributed by atoms with van der Waals surface area (Å²) >= 11 is 12.6. The number of benzene rings is 2. The lowest BCUT2D eigenvalue weighted by molar-refractivity contribution is -0.125. The topological polar surface area (TPSA) is 50.8 Å². The van der Waals surface area contributed by atoms with Gasteiger partial charge in [-0.2, -0.15) is 0 Å². The van der Waals surface area contributed by atoms with Crippen molar-refractivity contribution in [2.45, 2.75) is 38.5 Å². The molecule has 0 radical (unpaired) electrons. The van der Waals surface area contributed by atoms with Crippen LogP contribution in [0.1, 0.15) is 38.7 Å². The van der Waals surface area contributed by atoms with Crippen molar-refractivity contribution in [1.29, 1.82) is 0 Å². The average molecular weight is 505 g/mol. The predicted octanol–water partition coefficient (Wildman–Crippen LogP) is 6.04. The van der Waals surface area contributed by atoms with Gasteiger partial charge in [-0.3, -0.25) is 9.69 Å². The second kappa shape index (κ2) is 11.3. The van der Waals surface area contributed by atoms with E-state index >= 15 is 0 Å². The van der Waals surface area contributed by atoms with E-state index in [0.717, 1.165) is 48.5 Å². The summed E-state index contributed by atoms with van der Waals surface area (Å²) in [5, 5.41) is 4.15. The molecule has 5 nitrogen and oxygen atoms in total. The number of hydrogen-bond acceptors (Lipinski definition) is 4. The minimum absolute atomic E-state index is 0.0815. The number of hydrogen-bond donors (Lipinski definition) is 1. The number of nitrogens with one attached hydrogen (secondary N) is 1. The number of carbonyl (C=O) groups is 1. The quantitative estimate of drug-likeness (QED) is 0.499. The molecule has 34 heavy (non-hydrogen) atoms. The molecule has 2 aromatic carbocycles. The van der Waals surface area contributed by atoms with Crippen molar-refractivity contribution in [3.63, 3.8) is 0 Å². The Morgan fingerprint density at radius 2 is 1.76 bits per heavy atom. The van der Waals surface area contributed by atoms with Crippen LogP contribution in [0.3, 0.4) is 0 Å². The van der Waals surface area contributed by atoms with Crippen molar-refractivity contribution in [1.82, 2.24) is 4.90 Å². The van der Waals surface area contributed by atoms with Crippen LogP contribution in [-0.4, -0.2) is 50.3 Å². The largest absolute Gasteiger partial charge is 0.492 e. The van der Waals surface area contributed by atoms with Gasteiger partial charge in [0.15, 0.2) is 0 Å². The van der Waals surface area contributed by atoms with E-state index in [2.05, 4.69) is 24.1 Å². The summed E-state index contributed by atoms with van der Waals surface area (Å²) in [5.41, 5.74) is 0.769. The molecule has 2 saturated heterocycles. The monoisotopic (exact) mass is 504 g/mol. The molecular weight excluding hydrogens is 471 g/mol. The summed E-state index contributed by atoms with van der Waals surface area (Å²) in [6, 6.07) is 12.9. The molecule has 2 unspecified atom stereocenters. The molecule has 184 valence electrons. The molecule has 2 aliphatic heterocycles. The van der Waals surface area contributed by atoms with Crippen molar-refractivity contribution in [3.05, 3.63) is 58.1 Å². The van der Waals surface area contributed by atoms with Crippen molar-refractivity contribution in [3.8, 4) is 5.75 Å². The van der Waals surface area contributed by atoms with Gasteiger partial charge in [0.05, 0.1) is 5.41 Å². The molecular formula is C27H34Cl2N2O3. The fraction of sp³-hybridized carbons (Fsp3) is 0.519. The smallest absolute Gasteiger partial charge is 0.235 e. The first-order valence-corrected chi connectivity index (χ1v) is 12.9. The van der Waals surface area contributed by atoms with Crippen LogP contribution < -0.4 is 10.1 Å². The second-order valence-corrected chi connectivity index (χ2v) is 10.7. The molecule has 0 aliphatic carbocycles. The Bertz CT molecular complexity index is 966. The Labute approximate surface area is 212 Å². The van der Waals surface area contributed by atoms with Crippen LogP contribution in [-0.2, 0) is 14.9 Å². The number of ether oxygens (including phenoxy) is 2. The number of likely N-dealkylation sites (tertiary alicyclic amines) is 1. The molecule has 1 N–H and O–H groups in total. The normalized spacial score (nSPS) is 22.8.